The molecule has 9 heteroatoms. The second kappa shape index (κ2) is 8.98. The van der Waals surface area contributed by atoms with Crippen LogP contribution in [-0.4, -0.2) is 39.6 Å². The molecule has 0 aliphatic carbocycles. The van der Waals surface area contributed by atoms with Crippen molar-refractivity contribution in [2.45, 2.75) is 26.2 Å². The lowest BCUT2D eigenvalue weighted by molar-refractivity contribution is -0.156. The van der Waals surface area contributed by atoms with Crippen LogP contribution in [0.25, 0.3) is 11.5 Å². The first-order valence-electron chi connectivity index (χ1n) is 9.32. The van der Waals surface area contributed by atoms with Crippen molar-refractivity contribution in [2.75, 3.05) is 13.6 Å². The number of hydrogen-bond acceptors (Lipinski definition) is 4. The average Bonchev–Trinajstić information content (AvgIpc) is 3.24. The minimum absolute atomic E-state index is 0.114. The van der Waals surface area contributed by atoms with Gasteiger partial charge in [0.2, 0.25) is 5.89 Å². The molecule has 0 fully saturated rings. The molecule has 1 heterocycles. The maximum atomic E-state index is 12.8. The van der Waals surface area contributed by atoms with Gasteiger partial charge in [0.1, 0.15) is 0 Å². The van der Waals surface area contributed by atoms with Crippen LogP contribution in [0.4, 0.5) is 18.0 Å². The lowest BCUT2D eigenvalue weighted by Gasteiger charge is -2.28. The average molecular weight is 418 g/mol. The van der Waals surface area contributed by atoms with E-state index in [1.165, 1.54) is 0 Å². The molecule has 3 rings (SSSR count). The number of benzene rings is 2. The van der Waals surface area contributed by atoms with E-state index in [4.69, 9.17) is 4.42 Å². The monoisotopic (exact) mass is 418 g/mol. The van der Waals surface area contributed by atoms with E-state index in [0.29, 0.717) is 25.2 Å². The maximum Gasteiger partial charge on any atom is 0.470 e. The molecule has 2 aromatic carbocycles. The zero-order chi connectivity index (χ0) is 21.7. The van der Waals surface area contributed by atoms with E-state index < -0.39 is 12.1 Å². The number of amides is 2. The van der Waals surface area contributed by atoms with Crippen LogP contribution in [0.5, 0.6) is 0 Å². The molecule has 0 spiro atoms. The molecule has 2 amide bonds. The number of nitrogens with zero attached hydrogens (tertiary/aromatic N) is 4. The Hall–Kier alpha value is -3.36. The smallest absolute Gasteiger partial charge is 0.413 e. The molecule has 0 bridgehead atoms. The lowest BCUT2D eigenvalue weighted by atomic mass is 10.1. The van der Waals surface area contributed by atoms with Crippen LogP contribution >= 0.6 is 0 Å². The first kappa shape index (κ1) is 21.4. The fourth-order valence-electron chi connectivity index (χ4n) is 2.80. The summed E-state index contributed by atoms with van der Waals surface area (Å²) < 4.78 is 42.6. The molecule has 3 aromatic rings. The van der Waals surface area contributed by atoms with Crippen molar-refractivity contribution in [1.29, 1.82) is 0 Å². The summed E-state index contributed by atoms with van der Waals surface area (Å²) in [5.74, 6) is -1.60. The lowest BCUT2D eigenvalue weighted by Crippen LogP contribution is -2.40. The molecule has 1 aromatic heterocycles. The standard InChI is InChI=1S/C21H21F3N4O2/c1-3-27(2)20(29)28(13-15-7-5-4-6-8-15)14-16-9-11-17(12-10-16)18-25-26-19(30-18)21(22,23)24/h4-12H,3,13-14H2,1-2H3. The number of aromatic nitrogens is 2. The van der Waals surface area contributed by atoms with Crippen molar-refractivity contribution < 1.29 is 22.4 Å². The van der Waals surface area contributed by atoms with Gasteiger partial charge in [-0.3, -0.25) is 0 Å². The molecule has 30 heavy (non-hydrogen) atoms. The van der Waals surface area contributed by atoms with Crippen molar-refractivity contribution in [1.82, 2.24) is 20.0 Å². The Morgan fingerprint density at radius 3 is 2.10 bits per heavy atom. The highest BCUT2D eigenvalue weighted by molar-refractivity contribution is 5.74. The maximum absolute atomic E-state index is 12.8. The summed E-state index contributed by atoms with van der Waals surface area (Å²) >= 11 is 0. The third-order valence-electron chi connectivity index (χ3n) is 4.53. The van der Waals surface area contributed by atoms with Crippen LogP contribution in [0.3, 0.4) is 0 Å². The van der Waals surface area contributed by atoms with Gasteiger partial charge in [-0.2, -0.15) is 13.2 Å². The van der Waals surface area contributed by atoms with E-state index in [9.17, 15) is 18.0 Å². The summed E-state index contributed by atoms with van der Waals surface area (Å²) in [5.41, 5.74) is 2.19. The van der Waals surface area contributed by atoms with Crippen molar-refractivity contribution >= 4 is 6.03 Å². The fourth-order valence-corrected chi connectivity index (χ4v) is 2.80. The molecule has 0 saturated carbocycles. The zero-order valence-corrected chi connectivity index (χ0v) is 16.6. The van der Waals surface area contributed by atoms with Gasteiger partial charge in [-0.25, -0.2) is 4.79 Å². The van der Waals surface area contributed by atoms with Gasteiger partial charge in [0.25, 0.3) is 0 Å². The Morgan fingerprint density at radius 1 is 0.967 bits per heavy atom. The molecule has 6 nitrogen and oxygen atoms in total. The number of rotatable bonds is 6. The van der Waals surface area contributed by atoms with E-state index in [1.807, 2.05) is 37.3 Å². The molecule has 0 radical (unpaired) electrons. The molecule has 0 aliphatic heterocycles. The molecule has 0 aliphatic rings. The number of carbonyl (C=O) groups is 1. The van der Waals surface area contributed by atoms with Crippen molar-refractivity contribution in [3.63, 3.8) is 0 Å². The van der Waals surface area contributed by atoms with Crippen LogP contribution in [0.1, 0.15) is 23.9 Å². The van der Waals surface area contributed by atoms with Crippen molar-refractivity contribution in [3.05, 3.63) is 71.6 Å². The van der Waals surface area contributed by atoms with Gasteiger partial charge in [-0.1, -0.05) is 42.5 Å². The van der Waals surface area contributed by atoms with Gasteiger partial charge in [0.15, 0.2) is 0 Å². The van der Waals surface area contributed by atoms with E-state index in [-0.39, 0.29) is 11.9 Å². The number of alkyl halides is 3. The largest absolute Gasteiger partial charge is 0.470 e. The Kier molecular flexibility index (Phi) is 6.39. The summed E-state index contributed by atoms with van der Waals surface area (Å²) in [5, 5.41) is 6.49. The van der Waals surface area contributed by atoms with Gasteiger partial charge < -0.3 is 14.2 Å². The number of urea groups is 1. The summed E-state index contributed by atoms with van der Waals surface area (Å²) in [6.07, 6.45) is -4.69. The Balaban J connectivity index is 1.77. The quantitative estimate of drug-likeness (QED) is 0.575. The first-order valence-corrected chi connectivity index (χ1v) is 9.32. The van der Waals surface area contributed by atoms with Gasteiger partial charge in [-0.05, 0) is 30.2 Å². The van der Waals surface area contributed by atoms with E-state index >= 15 is 0 Å². The number of carbonyl (C=O) groups excluding carboxylic acids is 1. The van der Waals surface area contributed by atoms with Crippen LogP contribution in [0, 0.1) is 0 Å². The molecule has 158 valence electrons. The predicted molar refractivity (Wildman–Crippen MR) is 104 cm³/mol. The second-order valence-corrected chi connectivity index (χ2v) is 6.75. The normalized spacial score (nSPS) is 11.4. The van der Waals surface area contributed by atoms with Crippen molar-refractivity contribution in [2.24, 2.45) is 0 Å². The summed E-state index contributed by atoms with van der Waals surface area (Å²) in [6, 6.07) is 16.2. The van der Waals surface area contributed by atoms with E-state index in [1.54, 1.807) is 41.1 Å². The highest BCUT2D eigenvalue weighted by Gasteiger charge is 2.38. The summed E-state index contributed by atoms with van der Waals surface area (Å²) in [4.78, 5) is 16.1. The number of halogens is 3. The van der Waals surface area contributed by atoms with Crippen LogP contribution in [0.15, 0.2) is 59.0 Å². The van der Waals surface area contributed by atoms with Crippen LogP contribution < -0.4 is 0 Å². The molecular formula is C21H21F3N4O2. The first-order chi connectivity index (χ1) is 14.3. The summed E-state index contributed by atoms with van der Waals surface area (Å²) in [7, 11) is 1.73. The Labute approximate surface area is 171 Å². The molecule has 0 atom stereocenters. The Morgan fingerprint density at radius 2 is 1.57 bits per heavy atom. The van der Waals surface area contributed by atoms with Gasteiger partial charge >= 0.3 is 18.1 Å². The minimum atomic E-state index is -4.69. The van der Waals surface area contributed by atoms with Crippen LogP contribution in [-0.2, 0) is 19.3 Å². The molecule has 0 saturated heterocycles. The minimum Gasteiger partial charge on any atom is -0.413 e. The third-order valence-corrected chi connectivity index (χ3v) is 4.53. The van der Waals surface area contributed by atoms with Gasteiger partial charge in [0.05, 0.1) is 0 Å². The topological polar surface area (TPSA) is 62.5 Å². The van der Waals surface area contributed by atoms with Crippen molar-refractivity contribution in [3.8, 4) is 11.5 Å². The van der Waals surface area contributed by atoms with E-state index in [2.05, 4.69) is 10.2 Å². The second-order valence-electron chi connectivity index (χ2n) is 6.75. The molecule has 0 N–H and O–H groups in total. The summed E-state index contributed by atoms with van der Waals surface area (Å²) in [6.45, 7) is 3.25. The Bertz CT molecular complexity index is 972. The fraction of sp³-hybridized carbons (Fsp3) is 0.286. The SMILES string of the molecule is CCN(C)C(=O)N(Cc1ccccc1)Cc1ccc(-c2nnc(C(F)(F)F)o2)cc1. The number of hydrogen-bond donors (Lipinski definition) is 0. The highest BCUT2D eigenvalue weighted by Crippen LogP contribution is 2.30. The third kappa shape index (κ3) is 5.16. The van der Waals surface area contributed by atoms with Gasteiger partial charge in [-0.15, -0.1) is 10.2 Å². The highest BCUT2D eigenvalue weighted by atomic mass is 19.4. The van der Waals surface area contributed by atoms with Crippen LogP contribution in [0.2, 0.25) is 0 Å². The predicted octanol–water partition coefficient (Wildman–Crippen LogP) is 4.83. The van der Waals surface area contributed by atoms with Gasteiger partial charge in [0, 0.05) is 32.2 Å². The van der Waals surface area contributed by atoms with E-state index in [0.717, 1.165) is 11.1 Å². The molecule has 0 unspecified atom stereocenters. The molecular weight excluding hydrogens is 397 g/mol. The zero-order valence-electron chi connectivity index (χ0n) is 16.6.